The lowest BCUT2D eigenvalue weighted by molar-refractivity contribution is -0.202. The highest BCUT2D eigenvalue weighted by molar-refractivity contribution is 5.70. The highest BCUT2D eigenvalue weighted by Crippen LogP contribution is 2.38. The monoisotopic (exact) mass is 200 g/mol. The van der Waals surface area contributed by atoms with Gasteiger partial charge in [-0.2, -0.15) is 0 Å². The number of rotatable bonds is 3. The Morgan fingerprint density at radius 1 is 1.64 bits per heavy atom. The van der Waals surface area contributed by atoms with Crippen LogP contribution in [0.5, 0.6) is 0 Å². The van der Waals surface area contributed by atoms with Crippen LogP contribution in [0, 0.1) is 0 Å². The van der Waals surface area contributed by atoms with Crippen LogP contribution in [0.4, 0.5) is 0 Å². The number of carbonyl (C=O) groups excluding carboxylic acids is 1. The minimum Gasteiger partial charge on any atom is -0.466 e. The summed E-state index contributed by atoms with van der Waals surface area (Å²) >= 11 is 0. The molecule has 0 aromatic carbocycles. The van der Waals surface area contributed by atoms with Crippen LogP contribution >= 0.6 is 0 Å². The minimum absolute atomic E-state index is 0.193. The van der Waals surface area contributed by atoms with Crippen molar-refractivity contribution < 1.29 is 19.0 Å². The van der Waals surface area contributed by atoms with Gasteiger partial charge in [0.05, 0.1) is 25.7 Å². The van der Waals surface area contributed by atoms with Crippen LogP contribution in [-0.2, 0) is 19.0 Å². The van der Waals surface area contributed by atoms with Crippen LogP contribution in [0.15, 0.2) is 0 Å². The second-order valence-electron chi connectivity index (χ2n) is 3.84. The molecule has 2 saturated heterocycles. The molecule has 2 rings (SSSR count). The molecule has 0 saturated carbocycles. The van der Waals surface area contributed by atoms with Crippen molar-refractivity contribution in [2.75, 3.05) is 13.2 Å². The number of hydrogen-bond acceptors (Lipinski definition) is 4. The predicted molar refractivity (Wildman–Crippen MR) is 48.7 cm³/mol. The molecular weight excluding hydrogens is 184 g/mol. The maximum absolute atomic E-state index is 11.3. The molecule has 14 heavy (non-hydrogen) atoms. The summed E-state index contributed by atoms with van der Waals surface area (Å²) in [6.45, 7) is 2.84. The van der Waals surface area contributed by atoms with Gasteiger partial charge in [-0.1, -0.05) is 0 Å². The topological polar surface area (TPSA) is 44.8 Å². The van der Waals surface area contributed by atoms with Crippen molar-refractivity contribution in [1.82, 2.24) is 0 Å². The molecule has 0 aromatic heterocycles. The van der Waals surface area contributed by atoms with E-state index in [4.69, 9.17) is 14.2 Å². The van der Waals surface area contributed by atoms with E-state index >= 15 is 0 Å². The molecule has 0 aliphatic carbocycles. The van der Waals surface area contributed by atoms with Crippen molar-refractivity contribution >= 4 is 5.97 Å². The van der Waals surface area contributed by atoms with Crippen molar-refractivity contribution in [2.24, 2.45) is 0 Å². The molecule has 2 aliphatic rings. The first kappa shape index (κ1) is 9.93. The van der Waals surface area contributed by atoms with Gasteiger partial charge in [0.2, 0.25) is 0 Å². The Balaban J connectivity index is 1.92. The fourth-order valence-electron chi connectivity index (χ4n) is 2.10. The predicted octanol–water partition coefficient (Wildman–Crippen LogP) is 1.24. The maximum Gasteiger partial charge on any atom is 0.311 e. The normalized spacial score (nSPS) is 35.6. The molecule has 0 spiro atoms. The van der Waals surface area contributed by atoms with Gasteiger partial charge in [-0.05, 0) is 19.8 Å². The lowest BCUT2D eigenvalue weighted by Gasteiger charge is -2.30. The summed E-state index contributed by atoms with van der Waals surface area (Å²) in [7, 11) is 0. The molecule has 0 amide bonds. The van der Waals surface area contributed by atoms with Gasteiger partial charge in [-0.15, -0.1) is 0 Å². The number of esters is 1. The first-order chi connectivity index (χ1) is 6.74. The molecule has 0 unspecified atom stereocenters. The Bertz CT molecular complexity index is 224. The SMILES string of the molecule is CCOC(=O)C[C@]12CCC[C@H](CO1)O2. The standard InChI is InChI=1S/C10H16O4/c1-2-12-9(11)6-10-5-3-4-8(14-10)7-13-10/h8H,2-7H2,1H3/t8-,10-/m1/s1. The van der Waals surface area contributed by atoms with E-state index in [9.17, 15) is 4.79 Å². The molecule has 80 valence electrons. The Morgan fingerprint density at radius 2 is 2.50 bits per heavy atom. The van der Waals surface area contributed by atoms with Gasteiger partial charge in [0.15, 0.2) is 5.79 Å². The zero-order chi connectivity index (χ0) is 10.0. The maximum atomic E-state index is 11.3. The van der Waals surface area contributed by atoms with E-state index in [1.807, 2.05) is 0 Å². The zero-order valence-electron chi connectivity index (χ0n) is 8.45. The molecule has 2 bridgehead atoms. The number of hydrogen-bond donors (Lipinski definition) is 0. The lowest BCUT2D eigenvalue weighted by Crippen LogP contribution is -2.37. The molecule has 2 aliphatic heterocycles. The summed E-state index contributed by atoms with van der Waals surface area (Å²) in [4.78, 5) is 11.3. The Kier molecular flexibility index (Phi) is 2.74. The third-order valence-electron chi connectivity index (χ3n) is 2.72. The molecule has 2 fully saturated rings. The molecule has 0 N–H and O–H groups in total. The molecule has 4 heteroatoms. The fraction of sp³-hybridized carbons (Fsp3) is 0.900. The highest BCUT2D eigenvalue weighted by atomic mass is 16.7. The molecular formula is C10H16O4. The van der Waals surface area contributed by atoms with Gasteiger partial charge >= 0.3 is 5.97 Å². The third-order valence-corrected chi connectivity index (χ3v) is 2.72. The van der Waals surface area contributed by atoms with Crippen molar-refractivity contribution in [3.05, 3.63) is 0 Å². The van der Waals surface area contributed by atoms with Crippen LogP contribution in [0.25, 0.3) is 0 Å². The van der Waals surface area contributed by atoms with Gasteiger partial charge in [0.25, 0.3) is 0 Å². The van der Waals surface area contributed by atoms with E-state index in [1.165, 1.54) is 0 Å². The fourth-order valence-corrected chi connectivity index (χ4v) is 2.10. The summed E-state index contributed by atoms with van der Waals surface area (Å²) in [5.74, 6) is -0.884. The largest absolute Gasteiger partial charge is 0.466 e. The average molecular weight is 200 g/mol. The molecule has 0 radical (unpaired) electrons. The summed E-state index contributed by atoms with van der Waals surface area (Å²) in [6, 6.07) is 0. The molecule has 4 nitrogen and oxygen atoms in total. The van der Waals surface area contributed by atoms with Crippen molar-refractivity contribution in [3.8, 4) is 0 Å². The van der Waals surface area contributed by atoms with Crippen molar-refractivity contribution in [1.29, 1.82) is 0 Å². The van der Waals surface area contributed by atoms with E-state index in [2.05, 4.69) is 0 Å². The summed E-state index contributed by atoms with van der Waals surface area (Å²) in [5.41, 5.74) is 0. The van der Waals surface area contributed by atoms with E-state index in [0.717, 1.165) is 19.3 Å². The van der Waals surface area contributed by atoms with E-state index in [0.29, 0.717) is 13.2 Å². The van der Waals surface area contributed by atoms with Crippen molar-refractivity contribution in [3.63, 3.8) is 0 Å². The molecule has 2 atom stereocenters. The second kappa shape index (κ2) is 3.87. The quantitative estimate of drug-likeness (QED) is 0.643. The number of carbonyl (C=O) groups is 1. The summed E-state index contributed by atoms with van der Waals surface area (Å²) in [5, 5.41) is 0. The average Bonchev–Trinajstić information content (AvgIpc) is 2.42. The van der Waals surface area contributed by atoms with Gasteiger partial charge in [-0.3, -0.25) is 4.79 Å². The second-order valence-corrected chi connectivity index (χ2v) is 3.84. The van der Waals surface area contributed by atoms with Gasteiger partial charge in [0.1, 0.15) is 0 Å². The first-order valence-electron chi connectivity index (χ1n) is 5.21. The van der Waals surface area contributed by atoms with Gasteiger partial charge in [-0.25, -0.2) is 0 Å². The Hall–Kier alpha value is -0.610. The van der Waals surface area contributed by atoms with Crippen LogP contribution in [0.2, 0.25) is 0 Å². The van der Waals surface area contributed by atoms with Crippen LogP contribution in [-0.4, -0.2) is 31.1 Å². The van der Waals surface area contributed by atoms with Crippen LogP contribution in [0.3, 0.4) is 0 Å². The van der Waals surface area contributed by atoms with E-state index in [-0.39, 0.29) is 18.5 Å². The van der Waals surface area contributed by atoms with Crippen LogP contribution < -0.4 is 0 Å². The molecule has 2 heterocycles. The van der Waals surface area contributed by atoms with Gasteiger partial charge < -0.3 is 14.2 Å². The van der Waals surface area contributed by atoms with E-state index in [1.54, 1.807) is 6.92 Å². The zero-order valence-corrected chi connectivity index (χ0v) is 8.45. The summed E-state index contributed by atoms with van der Waals surface area (Å²) in [6.07, 6.45) is 3.35. The number of ether oxygens (including phenoxy) is 3. The van der Waals surface area contributed by atoms with E-state index < -0.39 is 5.79 Å². The van der Waals surface area contributed by atoms with Crippen molar-refractivity contribution in [2.45, 2.75) is 44.5 Å². The van der Waals surface area contributed by atoms with Gasteiger partial charge in [0, 0.05) is 6.42 Å². The molecule has 0 aromatic rings. The minimum atomic E-state index is -0.658. The number of fused-ring (bicyclic) bond motifs is 2. The third kappa shape index (κ3) is 1.91. The first-order valence-corrected chi connectivity index (χ1v) is 5.21. The Morgan fingerprint density at radius 3 is 3.29 bits per heavy atom. The lowest BCUT2D eigenvalue weighted by atomic mass is 10.0. The summed E-state index contributed by atoms with van der Waals surface area (Å²) < 4.78 is 16.1. The highest BCUT2D eigenvalue weighted by Gasteiger charge is 2.46. The smallest absolute Gasteiger partial charge is 0.311 e. The Labute approximate surface area is 83.5 Å². The van der Waals surface area contributed by atoms with Crippen LogP contribution in [0.1, 0.15) is 32.6 Å².